The third-order valence-electron chi connectivity index (χ3n) is 5.30. The van der Waals surface area contributed by atoms with Gasteiger partial charge in [0.2, 0.25) is 0 Å². The fourth-order valence-electron chi connectivity index (χ4n) is 3.81. The van der Waals surface area contributed by atoms with Gasteiger partial charge in [-0.15, -0.1) is 11.3 Å². The molecule has 2 heterocycles. The third-order valence-corrected chi connectivity index (χ3v) is 6.45. The molecule has 7 heteroatoms. The van der Waals surface area contributed by atoms with Crippen molar-refractivity contribution in [1.29, 1.82) is 0 Å². The topological polar surface area (TPSA) is 72.7 Å². The van der Waals surface area contributed by atoms with Crippen LogP contribution in [-0.2, 0) is 19.4 Å². The van der Waals surface area contributed by atoms with E-state index in [9.17, 15) is 9.59 Å². The maximum absolute atomic E-state index is 13.1. The number of carbonyl (C=O) groups is 1. The number of aryl methyl sites for hydroxylation is 2. The Balaban J connectivity index is 1.52. The van der Waals surface area contributed by atoms with Crippen molar-refractivity contribution in [2.45, 2.75) is 65.0 Å². The maximum atomic E-state index is 13.1. The standard InChI is InChI=1S/C23H27N3O3S/c1-15(2)29-17-11-9-16(10-12-17)13-24-21(27)18-14-25-23-26(22(18)28)19-7-5-3-4-6-8-20(19)30-23/h9-12,14-15H,3-8,13H2,1-2H3,(H,24,27). The fourth-order valence-corrected chi connectivity index (χ4v) is 4.98. The van der Waals surface area contributed by atoms with E-state index in [2.05, 4.69) is 10.3 Å². The summed E-state index contributed by atoms with van der Waals surface area (Å²) in [6, 6.07) is 7.59. The Labute approximate surface area is 179 Å². The van der Waals surface area contributed by atoms with Crippen molar-refractivity contribution in [3.63, 3.8) is 0 Å². The lowest BCUT2D eigenvalue weighted by Gasteiger charge is -2.11. The number of benzene rings is 1. The molecule has 0 bridgehead atoms. The van der Waals surface area contributed by atoms with Crippen LogP contribution in [0.15, 0.2) is 35.3 Å². The summed E-state index contributed by atoms with van der Waals surface area (Å²) >= 11 is 1.58. The smallest absolute Gasteiger partial charge is 0.271 e. The van der Waals surface area contributed by atoms with E-state index < -0.39 is 5.91 Å². The van der Waals surface area contributed by atoms with Crippen molar-refractivity contribution >= 4 is 22.2 Å². The summed E-state index contributed by atoms with van der Waals surface area (Å²) in [6.45, 7) is 4.29. The molecule has 4 rings (SSSR count). The molecule has 6 nitrogen and oxygen atoms in total. The summed E-state index contributed by atoms with van der Waals surface area (Å²) in [7, 11) is 0. The van der Waals surface area contributed by atoms with Crippen LogP contribution in [0.5, 0.6) is 5.75 Å². The largest absolute Gasteiger partial charge is 0.491 e. The van der Waals surface area contributed by atoms with Crippen LogP contribution in [0.2, 0.25) is 0 Å². The van der Waals surface area contributed by atoms with Crippen molar-refractivity contribution < 1.29 is 9.53 Å². The van der Waals surface area contributed by atoms with E-state index in [0.717, 1.165) is 42.7 Å². The zero-order valence-electron chi connectivity index (χ0n) is 17.4. The normalized spacial score (nSPS) is 14.2. The van der Waals surface area contributed by atoms with Crippen molar-refractivity contribution in [2.24, 2.45) is 0 Å². The number of ether oxygens (including phenoxy) is 1. The second-order valence-electron chi connectivity index (χ2n) is 7.97. The van der Waals surface area contributed by atoms with Gasteiger partial charge in [-0.3, -0.25) is 14.0 Å². The second-order valence-corrected chi connectivity index (χ2v) is 9.04. The van der Waals surface area contributed by atoms with E-state index in [-0.39, 0.29) is 17.2 Å². The van der Waals surface area contributed by atoms with E-state index in [4.69, 9.17) is 4.74 Å². The first-order valence-corrected chi connectivity index (χ1v) is 11.4. The van der Waals surface area contributed by atoms with Crippen molar-refractivity contribution in [1.82, 2.24) is 14.7 Å². The summed E-state index contributed by atoms with van der Waals surface area (Å²) in [4.78, 5) is 32.2. The van der Waals surface area contributed by atoms with E-state index in [1.54, 1.807) is 15.7 Å². The molecule has 0 saturated carbocycles. The van der Waals surface area contributed by atoms with E-state index in [1.807, 2.05) is 38.1 Å². The molecular weight excluding hydrogens is 398 g/mol. The minimum atomic E-state index is -0.393. The first-order valence-electron chi connectivity index (χ1n) is 10.6. The molecule has 3 aromatic rings. The highest BCUT2D eigenvalue weighted by atomic mass is 32.1. The minimum absolute atomic E-state index is 0.0925. The zero-order chi connectivity index (χ0) is 21.1. The number of nitrogens with one attached hydrogen (secondary N) is 1. The highest BCUT2D eigenvalue weighted by molar-refractivity contribution is 7.17. The highest BCUT2D eigenvalue weighted by Gasteiger charge is 2.20. The van der Waals surface area contributed by atoms with Crippen LogP contribution in [-0.4, -0.2) is 21.4 Å². The number of fused-ring (bicyclic) bond motifs is 3. The quantitative estimate of drug-likeness (QED) is 0.667. The summed E-state index contributed by atoms with van der Waals surface area (Å²) in [6.07, 6.45) is 8.00. The molecule has 0 atom stereocenters. The molecule has 30 heavy (non-hydrogen) atoms. The molecule has 0 spiro atoms. The summed E-state index contributed by atoms with van der Waals surface area (Å²) in [5, 5.41) is 2.85. The predicted octanol–water partition coefficient (Wildman–Crippen LogP) is 4.13. The molecule has 1 aliphatic carbocycles. The molecule has 2 aromatic heterocycles. The Hall–Kier alpha value is -2.67. The number of aromatic nitrogens is 2. The Morgan fingerprint density at radius 1 is 1.17 bits per heavy atom. The van der Waals surface area contributed by atoms with Crippen molar-refractivity contribution in [3.8, 4) is 5.75 Å². The van der Waals surface area contributed by atoms with E-state index in [0.29, 0.717) is 11.5 Å². The van der Waals surface area contributed by atoms with Gasteiger partial charge in [0.25, 0.3) is 11.5 Å². The molecule has 158 valence electrons. The molecule has 0 unspecified atom stereocenters. The number of hydrogen-bond donors (Lipinski definition) is 1. The van der Waals surface area contributed by atoms with Gasteiger partial charge in [0.05, 0.1) is 6.10 Å². The molecule has 1 aliphatic rings. The van der Waals surface area contributed by atoms with Crippen molar-refractivity contribution in [3.05, 3.63) is 62.5 Å². The lowest BCUT2D eigenvalue weighted by molar-refractivity contribution is 0.0949. The molecule has 0 aliphatic heterocycles. The van der Waals surface area contributed by atoms with Gasteiger partial charge >= 0.3 is 0 Å². The highest BCUT2D eigenvalue weighted by Crippen LogP contribution is 2.27. The lowest BCUT2D eigenvalue weighted by atomic mass is 10.0. The molecule has 1 N–H and O–H groups in total. The van der Waals surface area contributed by atoms with Crippen molar-refractivity contribution in [2.75, 3.05) is 0 Å². The van der Waals surface area contributed by atoms with Gasteiger partial charge in [-0.05, 0) is 57.2 Å². The monoisotopic (exact) mass is 425 g/mol. The maximum Gasteiger partial charge on any atom is 0.271 e. The van der Waals surface area contributed by atoms with Gasteiger partial charge in [0, 0.05) is 23.3 Å². The Morgan fingerprint density at radius 3 is 2.63 bits per heavy atom. The van der Waals surface area contributed by atoms with Gasteiger partial charge in [-0.2, -0.15) is 0 Å². The SMILES string of the molecule is CC(C)Oc1ccc(CNC(=O)c2cnc3sc4c(n3c2=O)CCCCCC4)cc1. The average Bonchev–Trinajstić information content (AvgIpc) is 3.04. The third kappa shape index (κ3) is 4.41. The Bertz CT molecular complexity index is 1100. The number of hydrogen-bond acceptors (Lipinski definition) is 5. The molecular formula is C23H27N3O3S. The molecule has 0 fully saturated rings. The van der Waals surface area contributed by atoms with Crippen LogP contribution in [0, 0.1) is 0 Å². The van der Waals surface area contributed by atoms with Crippen LogP contribution < -0.4 is 15.6 Å². The number of carbonyl (C=O) groups excluding carboxylic acids is 1. The molecule has 0 saturated heterocycles. The van der Waals surface area contributed by atoms with Gasteiger partial charge in [-0.25, -0.2) is 4.98 Å². The molecule has 1 aromatic carbocycles. The number of amides is 1. The van der Waals surface area contributed by atoms with Crippen LogP contribution >= 0.6 is 11.3 Å². The minimum Gasteiger partial charge on any atom is -0.491 e. The van der Waals surface area contributed by atoms with Crippen LogP contribution in [0.3, 0.4) is 0 Å². The van der Waals surface area contributed by atoms with E-state index in [1.165, 1.54) is 23.9 Å². The summed E-state index contributed by atoms with van der Waals surface area (Å²) in [5.74, 6) is 0.400. The number of nitrogens with zero attached hydrogens (tertiary/aromatic N) is 2. The van der Waals surface area contributed by atoms with Gasteiger partial charge in [0.1, 0.15) is 11.3 Å². The molecule has 0 radical (unpaired) electrons. The van der Waals surface area contributed by atoms with Crippen LogP contribution in [0.25, 0.3) is 4.96 Å². The first-order chi connectivity index (χ1) is 14.5. The van der Waals surface area contributed by atoms with Crippen LogP contribution in [0.1, 0.15) is 66.0 Å². The Kier molecular flexibility index (Phi) is 6.18. The number of rotatable bonds is 5. The van der Waals surface area contributed by atoms with Crippen LogP contribution in [0.4, 0.5) is 0 Å². The first kappa shape index (κ1) is 20.6. The summed E-state index contributed by atoms with van der Waals surface area (Å²) < 4.78 is 7.30. The molecule has 1 amide bonds. The lowest BCUT2D eigenvalue weighted by Crippen LogP contribution is -2.31. The Morgan fingerprint density at radius 2 is 1.90 bits per heavy atom. The van der Waals surface area contributed by atoms with Gasteiger partial charge in [0.15, 0.2) is 4.96 Å². The van der Waals surface area contributed by atoms with E-state index >= 15 is 0 Å². The zero-order valence-corrected chi connectivity index (χ0v) is 18.3. The average molecular weight is 426 g/mol. The predicted molar refractivity (Wildman–Crippen MR) is 119 cm³/mol. The second kappa shape index (κ2) is 9.00. The fraction of sp³-hybridized carbons (Fsp3) is 0.435. The van der Waals surface area contributed by atoms with Gasteiger partial charge < -0.3 is 10.1 Å². The number of thiazole rings is 1. The summed E-state index contributed by atoms with van der Waals surface area (Å²) in [5.41, 5.74) is 1.81. The van der Waals surface area contributed by atoms with Gasteiger partial charge in [-0.1, -0.05) is 25.0 Å².